The molecule has 108 valence electrons. The van der Waals surface area contributed by atoms with Gasteiger partial charge in [0.05, 0.1) is 5.69 Å². The fraction of sp³-hybridized carbons (Fsp3) is 0.533. The van der Waals surface area contributed by atoms with Gasteiger partial charge in [0.15, 0.2) is 5.82 Å². The zero-order chi connectivity index (χ0) is 14.7. The lowest BCUT2D eigenvalue weighted by Crippen LogP contribution is -2.27. The van der Waals surface area contributed by atoms with Gasteiger partial charge in [0, 0.05) is 36.1 Å². The first-order chi connectivity index (χ1) is 9.50. The van der Waals surface area contributed by atoms with Crippen molar-refractivity contribution in [3.63, 3.8) is 0 Å². The Hall–Kier alpha value is -1.75. The van der Waals surface area contributed by atoms with Crippen molar-refractivity contribution in [1.29, 1.82) is 0 Å². The average molecular weight is 273 g/mol. The van der Waals surface area contributed by atoms with Crippen LogP contribution in [0, 0.1) is 13.8 Å². The molecule has 5 heteroatoms. The highest BCUT2D eigenvalue weighted by molar-refractivity contribution is 5.34. The Morgan fingerprint density at radius 1 is 1.25 bits per heavy atom. The molecule has 1 unspecified atom stereocenters. The SMILES string of the molecule is Cc1nn(-c2ccncn2)c(C)c1C(C)CNC(C)C. The monoisotopic (exact) mass is 273 g/mol. The lowest BCUT2D eigenvalue weighted by atomic mass is 9.99. The van der Waals surface area contributed by atoms with Crippen molar-refractivity contribution in [1.82, 2.24) is 25.1 Å². The maximum atomic E-state index is 4.63. The van der Waals surface area contributed by atoms with Crippen molar-refractivity contribution >= 4 is 0 Å². The van der Waals surface area contributed by atoms with Gasteiger partial charge in [-0.1, -0.05) is 20.8 Å². The lowest BCUT2D eigenvalue weighted by molar-refractivity contribution is 0.546. The molecule has 2 aromatic heterocycles. The van der Waals surface area contributed by atoms with E-state index < -0.39 is 0 Å². The molecule has 0 aliphatic heterocycles. The normalized spacial score (nSPS) is 12.9. The first kappa shape index (κ1) is 14.7. The molecule has 0 spiro atoms. The largest absolute Gasteiger partial charge is 0.314 e. The van der Waals surface area contributed by atoms with Crippen LogP contribution in [0.25, 0.3) is 5.82 Å². The van der Waals surface area contributed by atoms with Crippen LogP contribution in [0.5, 0.6) is 0 Å². The summed E-state index contributed by atoms with van der Waals surface area (Å²) in [6, 6.07) is 2.37. The van der Waals surface area contributed by atoms with Gasteiger partial charge in [0.1, 0.15) is 6.33 Å². The molecule has 2 rings (SSSR count). The summed E-state index contributed by atoms with van der Waals surface area (Å²) in [4.78, 5) is 8.22. The number of aromatic nitrogens is 4. The van der Waals surface area contributed by atoms with Gasteiger partial charge >= 0.3 is 0 Å². The van der Waals surface area contributed by atoms with Crippen molar-refractivity contribution in [3.05, 3.63) is 35.5 Å². The second-order valence-electron chi connectivity index (χ2n) is 5.53. The summed E-state index contributed by atoms with van der Waals surface area (Å²) < 4.78 is 1.90. The predicted octanol–water partition coefficient (Wildman–Crippen LogP) is 2.38. The van der Waals surface area contributed by atoms with E-state index in [0.717, 1.165) is 23.8 Å². The van der Waals surface area contributed by atoms with E-state index in [9.17, 15) is 0 Å². The third-order valence-electron chi connectivity index (χ3n) is 3.46. The van der Waals surface area contributed by atoms with Crippen LogP contribution in [0.1, 0.15) is 43.6 Å². The quantitative estimate of drug-likeness (QED) is 0.908. The highest BCUT2D eigenvalue weighted by Gasteiger charge is 2.18. The van der Waals surface area contributed by atoms with Crippen molar-refractivity contribution in [2.75, 3.05) is 6.54 Å². The number of nitrogens with zero attached hydrogens (tertiary/aromatic N) is 4. The summed E-state index contributed by atoms with van der Waals surface area (Å²) in [5.74, 6) is 1.24. The van der Waals surface area contributed by atoms with Crippen molar-refractivity contribution in [2.45, 2.75) is 46.6 Å². The third-order valence-corrected chi connectivity index (χ3v) is 3.46. The van der Waals surface area contributed by atoms with E-state index in [1.54, 1.807) is 12.5 Å². The van der Waals surface area contributed by atoms with Crippen LogP contribution in [-0.4, -0.2) is 32.3 Å². The van der Waals surface area contributed by atoms with Gasteiger partial charge in [-0.05, 0) is 19.8 Å². The van der Waals surface area contributed by atoms with Gasteiger partial charge in [0.25, 0.3) is 0 Å². The van der Waals surface area contributed by atoms with E-state index in [-0.39, 0.29) is 0 Å². The number of rotatable bonds is 5. The second kappa shape index (κ2) is 6.13. The highest BCUT2D eigenvalue weighted by atomic mass is 15.3. The summed E-state index contributed by atoms with van der Waals surface area (Å²) in [6.07, 6.45) is 3.29. The Kier molecular flexibility index (Phi) is 4.49. The Balaban J connectivity index is 2.30. The molecule has 0 aliphatic carbocycles. The Morgan fingerprint density at radius 3 is 2.60 bits per heavy atom. The molecule has 0 radical (unpaired) electrons. The van der Waals surface area contributed by atoms with Crippen molar-refractivity contribution < 1.29 is 0 Å². The predicted molar refractivity (Wildman–Crippen MR) is 80.2 cm³/mol. The first-order valence-corrected chi connectivity index (χ1v) is 7.06. The second-order valence-corrected chi connectivity index (χ2v) is 5.53. The van der Waals surface area contributed by atoms with Gasteiger partial charge in [-0.3, -0.25) is 0 Å². The van der Waals surface area contributed by atoms with Gasteiger partial charge in [-0.2, -0.15) is 5.10 Å². The number of aryl methyl sites for hydroxylation is 1. The minimum atomic E-state index is 0.424. The Morgan fingerprint density at radius 2 is 2.00 bits per heavy atom. The molecule has 0 saturated carbocycles. The number of nitrogens with one attached hydrogen (secondary N) is 1. The molecule has 1 atom stereocenters. The lowest BCUT2D eigenvalue weighted by Gasteiger charge is -2.15. The van der Waals surface area contributed by atoms with Crippen LogP contribution in [0.15, 0.2) is 18.6 Å². The molecule has 0 bridgehead atoms. The van der Waals surface area contributed by atoms with Crippen molar-refractivity contribution in [2.24, 2.45) is 0 Å². The van der Waals surface area contributed by atoms with Crippen LogP contribution >= 0.6 is 0 Å². The average Bonchev–Trinajstić information content (AvgIpc) is 2.72. The summed E-state index contributed by atoms with van der Waals surface area (Å²) >= 11 is 0. The minimum absolute atomic E-state index is 0.424. The molecule has 2 aromatic rings. The first-order valence-electron chi connectivity index (χ1n) is 7.06. The van der Waals surface area contributed by atoms with Gasteiger partial charge in [-0.25, -0.2) is 14.6 Å². The maximum Gasteiger partial charge on any atom is 0.156 e. The van der Waals surface area contributed by atoms with Gasteiger partial charge < -0.3 is 5.32 Å². The van der Waals surface area contributed by atoms with E-state index in [1.807, 2.05) is 10.7 Å². The topological polar surface area (TPSA) is 55.6 Å². The standard InChI is InChI=1S/C15H23N5/c1-10(2)17-8-11(3)15-12(4)19-20(13(15)5)14-6-7-16-9-18-14/h6-7,9-11,17H,8H2,1-5H3. The van der Waals surface area contributed by atoms with Gasteiger partial charge in [0.2, 0.25) is 0 Å². The molecule has 0 aromatic carbocycles. The molecule has 2 heterocycles. The summed E-state index contributed by atoms with van der Waals surface area (Å²) in [5, 5.41) is 8.11. The molecular formula is C15H23N5. The highest BCUT2D eigenvalue weighted by Crippen LogP contribution is 2.24. The number of hydrogen-bond donors (Lipinski definition) is 1. The van der Waals surface area contributed by atoms with Crippen LogP contribution in [0.4, 0.5) is 0 Å². The van der Waals surface area contributed by atoms with E-state index in [2.05, 4.69) is 55.0 Å². The van der Waals surface area contributed by atoms with E-state index in [4.69, 9.17) is 0 Å². The van der Waals surface area contributed by atoms with E-state index in [1.165, 1.54) is 5.56 Å². The van der Waals surface area contributed by atoms with Crippen LogP contribution in [0.2, 0.25) is 0 Å². The smallest absolute Gasteiger partial charge is 0.156 e. The Labute approximate surface area is 120 Å². The van der Waals surface area contributed by atoms with Gasteiger partial charge in [-0.15, -0.1) is 0 Å². The summed E-state index contributed by atoms with van der Waals surface area (Å²) in [6.45, 7) is 11.7. The van der Waals surface area contributed by atoms with E-state index in [0.29, 0.717) is 12.0 Å². The van der Waals surface area contributed by atoms with E-state index >= 15 is 0 Å². The molecule has 20 heavy (non-hydrogen) atoms. The minimum Gasteiger partial charge on any atom is -0.314 e. The molecule has 5 nitrogen and oxygen atoms in total. The maximum absolute atomic E-state index is 4.63. The van der Waals surface area contributed by atoms with Crippen molar-refractivity contribution in [3.8, 4) is 5.82 Å². The fourth-order valence-corrected chi connectivity index (χ4v) is 2.51. The summed E-state index contributed by atoms with van der Waals surface area (Å²) in [7, 11) is 0. The molecule has 0 fully saturated rings. The van der Waals surface area contributed by atoms with Crippen LogP contribution < -0.4 is 5.32 Å². The number of hydrogen-bond acceptors (Lipinski definition) is 4. The Bertz CT molecular complexity index is 559. The molecule has 1 N–H and O–H groups in total. The van der Waals surface area contributed by atoms with Crippen LogP contribution in [0.3, 0.4) is 0 Å². The third kappa shape index (κ3) is 3.04. The zero-order valence-electron chi connectivity index (χ0n) is 12.9. The summed E-state index contributed by atoms with van der Waals surface area (Å²) in [5.41, 5.74) is 3.52. The zero-order valence-corrected chi connectivity index (χ0v) is 12.9. The van der Waals surface area contributed by atoms with Crippen LogP contribution in [-0.2, 0) is 0 Å². The fourth-order valence-electron chi connectivity index (χ4n) is 2.51. The molecule has 0 saturated heterocycles. The molecule has 0 aliphatic rings. The molecule has 0 amide bonds. The molecular weight excluding hydrogens is 250 g/mol.